The first-order chi connectivity index (χ1) is 12.3. The van der Waals surface area contributed by atoms with Crippen LogP contribution in [-0.2, 0) is 11.2 Å². The highest BCUT2D eigenvalue weighted by molar-refractivity contribution is 5.76. The highest BCUT2D eigenvalue weighted by atomic mass is 16.5. The number of para-hydroxylation sites is 1. The van der Waals surface area contributed by atoms with Crippen LogP contribution in [0, 0.1) is 0 Å². The van der Waals surface area contributed by atoms with Gasteiger partial charge in [0, 0.05) is 51.5 Å². The van der Waals surface area contributed by atoms with Gasteiger partial charge in [-0.05, 0) is 30.2 Å². The van der Waals surface area contributed by atoms with Crippen LogP contribution in [0.2, 0.25) is 0 Å². The van der Waals surface area contributed by atoms with Crippen molar-refractivity contribution in [1.82, 2.24) is 14.8 Å². The van der Waals surface area contributed by atoms with Crippen LogP contribution in [0.4, 0.5) is 0 Å². The van der Waals surface area contributed by atoms with E-state index in [0.717, 1.165) is 50.5 Å². The number of ether oxygens (including phenoxy) is 1. The minimum atomic E-state index is 0.240. The quantitative estimate of drug-likeness (QED) is 0.776. The van der Waals surface area contributed by atoms with E-state index < -0.39 is 0 Å². The number of pyridine rings is 1. The van der Waals surface area contributed by atoms with Gasteiger partial charge in [0.05, 0.1) is 0 Å². The molecule has 0 aliphatic carbocycles. The van der Waals surface area contributed by atoms with Gasteiger partial charge < -0.3 is 9.64 Å². The third kappa shape index (κ3) is 5.57. The Morgan fingerprint density at radius 3 is 2.56 bits per heavy atom. The summed E-state index contributed by atoms with van der Waals surface area (Å²) in [6.07, 6.45) is 4.91. The highest BCUT2D eigenvalue weighted by Crippen LogP contribution is 2.10. The fourth-order valence-corrected chi connectivity index (χ4v) is 2.99. The summed E-state index contributed by atoms with van der Waals surface area (Å²) in [6.45, 7) is 5.01. The molecule has 0 radical (unpaired) electrons. The second kappa shape index (κ2) is 9.18. The van der Waals surface area contributed by atoms with E-state index in [9.17, 15) is 4.79 Å². The maximum atomic E-state index is 12.3. The topological polar surface area (TPSA) is 45.7 Å². The van der Waals surface area contributed by atoms with E-state index in [1.54, 1.807) is 6.20 Å². The Hall–Kier alpha value is -2.40. The molecule has 25 heavy (non-hydrogen) atoms. The summed E-state index contributed by atoms with van der Waals surface area (Å²) in [5.41, 5.74) is 1.12. The van der Waals surface area contributed by atoms with E-state index >= 15 is 0 Å². The second-order valence-corrected chi connectivity index (χ2v) is 6.25. The molecular weight excluding hydrogens is 314 g/mol. The Morgan fingerprint density at radius 2 is 1.84 bits per heavy atom. The number of benzene rings is 1. The lowest BCUT2D eigenvalue weighted by Gasteiger charge is -2.34. The number of aryl methyl sites for hydroxylation is 1. The second-order valence-electron chi connectivity index (χ2n) is 6.25. The largest absolute Gasteiger partial charge is 0.492 e. The molecule has 0 N–H and O–H groups in total. The first kappa shape index (κ1) is 17.4. The number of carbonyl (C=O) groups excluding carboxylic acids is 1. The van der Waals surface area contributed by atoms with Gasteiger partial charge in [-0.15, -0.1) is 0 Å². The number of nitrogens with zero attached hydrogens (tertiary/aromatic N) is 3. The van der Waals surface area contributed by atoms with E-state index in [-0.39, 0.29) is 5.91 Å². The van der Waals surface area contributed by atoms with E-state index in [0.29, 0.717) is 13.0 Å². The lowest BCUT2D eigenvalue weighted by Crippen LogP contribution is -2.49. The molecule has 0 bridgehead atoms. The average Bonchev–Trinajstić information content (AvgIpc) is 2.68. The SMILES string of the molecule is O=C(CCc1cccnc1)N1CCN(CCOc2ccccc2)CC1. The Bertz CT molecular complexity index is 641. The van der Waals surface area contributed by atoms with Crippen LogP contribution in [0.3, 0.4) is 0 Å². The zero-order valence-corrected chi connectivity index (χ0v) is 14.5. The summed E-state index contributed by atoms with van der Waals surface area (Å²) in [7, 11) is 0. The number of aromatic nitrogens is 1. The van der Waals surface area contributed by atoms with Crippen molar-refractivity contribution in [2.75, 3.05) is 39.3 Å². The van der Waals surface area contributed by atoms with Gasteiger partial charge in [-0.1, -0.05) is 24.3 Å². The fraction of sp³-hybridized carbons (Fsp3) is 0.400. The van der Waals surface area contributed by atoms with E-state index in [4.69, 9.17) is 4.74 Å². The molecule has 3 rings (SSSR count). The zero-order chi connectivity index (χ0) is 17.3. The number of amides is 1. The molecule has 5 heteroatoms. The zero-order valence-electron chi connectivity index (χ0n) is 14.5. The van der Waals surface area contributed by atoms with Crippen molar-refractivity contribution in [3.8, 4) is 5.75 Å². The Morgan fingerprint density at radius 1 is 1.04 bits per heavy atom. The van der Waals surface area contributed by atoms with Crippen molar-refractivity contribution < 1.29 is 9.53 Å². The maximum absolute atomic E-state index is 12.3. The molecule has 1 amide bonds. The summed E-state index contributed by atoms with van der Waals surface area (Å²) >= 11 is 0. The number of carbonyl (C=O) groups is 1. The number of piperazine rings is 1. The predicted molar refractivity (Wildman–Crippen MR) is 97.5 cm³/mol. The summed E-state index contributed by atoms with van der Waals surface area (Å²) in [6, 6.07) is 13.8. The standard InChI is InChI=1S/C20H25N3O2/c24-20(9-8-18-5-4-10-21-17-18)23-13-11-22(12-14-23)15-16-25-19-6-2-1-3-7-19/h1-7,10,17H,8-9,11-16H2. The van der Waals surface area contributed by atoms with Crippen LogP contribution in [0.15, 0.2) is 54.9 Å². The Balaban J connectivity index is 1.33. The predicted octanol–water partition coefficient (Wildman–Crippen LogP) is 2.24. The number of hydrogen-bond acceptors (Lipinski definition) is 4. The molecule has 0 unspecified atom stereocenters. The van der Waals surface area contributed by atoms with Crippen LogP contribution in [0.1, 0.15) is 12.0 Å². The molecule has 1 aromatic carbocycles. The first-order valence-corrected chi connectivity index (χ1v) is 8.88. The molecule has 0 spiro atoms. The minimum absolute atomic E-state index is 0.240. The summed E-state index contributed by atoms with van der Waals surface area (Å²) in [5.74, 6) is 1.15. The van der Waals surface area contributed by atoms with Gasteiger partial charge in [-0.3, -0.25) is 14.7 Å². The first-order valence-electron chi connectivity index (χ1n) is 8.88. The van der Waals surface area contributed by atoms with Gasteiger partial charge in [0.1, 0.15) is 12.4 Å². The maximum Gasteiger partial charge on any atom is 0.222 e. The van der Waals surface area contributed by atoms with Gasteiger partial charge in [0.25, 0.3) is 0 Å². The van der Waals surface area contributed by atoms with Crippen LogP contribution in [0.25, 0.3) is 0 Å². The highest BCUT2D eigenvalue weighted by Gasteiger charge is 2.20. The van der Waals surface area contributed by atoms with Crippen molar-refractivity contribution in [2.24, 2.45) is 0 Å². The van der Waals surface area contributed by atoms with Crippen molar-refractivity contribution in [2.45, 2.75) is 12.8 Å². The minimum Gasteiger partial charge on any atom is -0.492 e. The lowest BCUT2D eigenvalue weighted by atomic mass is 10.1. The normalized spacial score (nSPS) is 15.1. The molecule has 0 saturated carbocycles. The molecular formula is C20H25N3O2. The molecule has 2 heterocycles. The molecule has 0 atom stereocenters. The van der Waals surface area contributed by atoms with Gasteiger partial charge >= 0.3 is 0 Å². The molecule has 1 aliphatic rings. The molecule has 1 saturated heterocycles. The van der Waals surface area contributed by atoms with Crippen LogP contribution >= 0.6 is 0 Å². The average molecular weight is 339 g/mol. The molecule has 1 fully saturated rings. The number of hydrogen-bond donors (Lipinski definition) is 0. The van der Waals surface area contributed by atoms with Crippen molar-refractivity contribution in [3.63, 3.8) is 0 Å². The Kier molecular flexibility index (Phi) is 6.40. The van der Waals surface area contributed by atoms with E-state index in [1.807, 2.05) is 53.6 Å². The summed E-state index contributed by atoms with van der Waals surface area (Å²) in [4.78, 5) is 20.8. The molecule has 1 aliphatic heterocycles. The van der Waals surface area contributed by atoms with E-state index in [1.165, 1.54) is 0 Å². The van der Waals surface area contributed by atoms with Gasteiger partial charge in [-0.25, -0.2) is 0 Å². The van der Waals surface area contributed by atoms with Crippen molar-refractivity contribution >= 4 is 5.91 Å². The van der Waals surface area contributed by atoms with Gasteiger partial charge in [-0.2, -0.15) is 0 Å². The van der Waals surface area contributed by atoms with Crippen LogP contribution in [0.5, 0.6) is 5.75 Å². The van der Waals surface area contributed by atoms with Gasteiger partial charge in [0.15, 0.2) is 0 Å². The van der Waals surface area contributed by atoms with Crippen LogP contribution < -0.4 is 4.74 Å². The third-order valence-electron chi connectivity index (χ3n) is 4.49. The van der Waals surface area contributed by atoms with Crippen LogP contribution in [-0.4, -0.2) is 60.0 Å². The molecule has 1 aromatic heterocycles. The smallest absolute Gasteiger partial charge is 0.222 e. The lowest BCUT2D eigenvalue weighted by molar-refractivity contribution is -0.132. The Labute approximate surface area is 149 Å². The monoisotopic (exact) mass is 339 g/mol. The summed E-state index contributed by atoms with van der Waals surface area (Å²) < 4.78 is 5.74. The van der Waals surface area contributed by atoms with Crippen molar-refractivity contribution in [3.05, 3.63) is 60.4 Å². The molecule has 2 aromatic rings. The fourth-order valence-electron chi connectivity index (χ4n) is 2.99. The van der Waals surface area contributed by atoms with E-state index in [2.05, 4.69) is 9.88 Å². The summed E-state index contributed by atoms with van der Waals surface area (Å²) in [5, 5.41) is 0. The molecule has 5 nitrogen and oxygen atoms in total. The molecule has 132 valence electrons. The third-order valence-corrected chi connectivity index (χ3v) is 4.49. The van der Waals surface area contributed by atoms with Gasteiger partial charge in [0.2, 0.25) is 5.91 Å². The number of rotatable bonds is 7. The van der Waals surface area contributed by atoms with Crippen molar-refractivity contribution in [1.29, 1.82) is 0 Å².